The number of aromatic nitrogens is 3. The predicted molar refractivity (Wildman–Crippen MR) is 333 cm³/mol. The highest BCUT2D eigenvalue weighted by Crippen LogP contribution is 2.35. The van der Waals surface area contributed by atoms with Crippen molar-refractivity contribution < 1.29 is 23.3 Å². The van der Waals surface area contributed by atoms with Crippen molar-refractivity contribution in [2.24, 2.45) is 44.8 Å². The van der Waals surface area contributed by atoms with Crippen molar-refractivity contribution in [3.63, 3.8) is 0 Å². The van der Waals surface area contributed by atoms with Crippen LogP contribution in [0.5, 0.6) is 0 Å². The van der Waals surface area contributed by atoms with Crippen molar-refractivity contribution in [3.8, 4) is 67.2 Å². The van der Waals surface area contributed by atoms with Crippen molar-refractivity contribution in [1.29, 1.82) is 0 Å². The molecule has 0 N–H and O–H groups in total. The van der Waals surface area contributed by atoms with Gasteiger partial charge in [-0.2, -0.15) is 0 Å². The molecule has 0 aliphatic heterocycles. The highest BCUT2D eigenvalue weighted by Gasteiger charge is 2.23. The lowest BCUT2D eigenvalue weighted by atomic mass is 9.90. The highest BCUT2D eigenvalue weighted by molar-refractivity contribution is 5.77. The van der Waals surface area contributed by atoms with E-state index in [0.717, 1.165) is 29.5 Å². The largest absolute Gasteiger partial charge is 0.212 e. The fourth-order valence-corrected chi connectivity index (χ4v) is 10.4. The normalized spacial score (nSPS) is 13.1. The zero-order chi connectivity index (χ0) is 62.3. The van der Waals surface area contributed by atoms with Crippen molar-refractivity contribution in [2.45, 2.75) is 116 Å². The van der Waals surface area contributed by atoms with Gasteiger partial charge >= 0.3 is 0 Å². The number of hydrogen-bond acceptors (Lipinski definition) is 0. The maximum absolute atomic E-state index is 8.88. The van der Waals surface area contributed by atoms with Crippen molar-refractivity contribution in [3.05, 3.63) is 232 Å². The molecule has 402 valence electrons. The predicted octanol–water partition coefficient (Wildman–Crippen LogP) is 17.9. The van der Waals surface area contributed by atoms with E-state index in [2.05, 4.69) is 199 Å². The summed E-state index contributed by atoms with van der Waals surface area (Å²) in [5.41, 5.74) is 21.8. The van der Waals surface area contributed by atoms with Gasteiger partial charge in [-0.25, -0.2) is 13.7 Å². The van der Waals surface area contributed by atoms with E-state index in [9.17, 15) is 0 Å². The highest BCUT2D eigenvalue weighted by atomic mass is 14.9. The van der Waals surface area contributed by atoms with Gasteiger partial charge in [0.25, 0.3) is 0 Å². The van der Waals surface area contributed by atoms with E-state index in [0.29, 0.717) is 34.2 Å². The Balaban J connectivity index is 0.000000190. The second kappa shape index (κ2) is 26.9. The lowest BCUT2D eigenvalue weighted by Crippen LogP contribution is -2.32. The summed E-state index contributed by atoms with van der Waals surface area (Å²) in [6.07, 6.45) is 4.92. The van der Waals surface area contributed by atoms with E-state index >= 15 is 0 Å². The molecule has 0 aliphatic rings. The van der Waals surface area contributed by atoms with Crippen LogP contribution in [0.25, 0.3) is 67.2 Å². The van der Waals surface area contributed by atoms with Crippen molar-refractivity contribution in [1.82, 2.24) is 0 Å². The van der Waals surface area contributed by atoms with E-state index in [1.54, 1.807) is 46.0 Å². The molecule has 0 radical (unpaired) electrons. The minimum Gasteiger partial charge on any atom is -0.201 e. The molecule has 3 heteroatoms. The molecule has 3 heterocycles. The summed E-state index contributed by atoms with van der Waals surface area (Å²) in [6, 6.07) is 56.1. The third kappa shape index (κ3) is 15.1. The summed E-state index contributed by atoms with van der Waals surface area (Å²) in [5, 5.41) is 0. The standard InChI is InChI=1S/2C28H36N.C19H18N/c2*1-19(2)13-24-16-28(29(7)18-25(24)14-20(3)4)27-17-26(21(5)15-22(27)6)23-11-9-8-10-12-23;1-15-11-12-17(16-8-4-3-5-9-16)14-18(15)19-10-6-7-13-20(19)2/h2*8-12,15-20H,13-14H2,1-7H3;3-14H,1-2H3/q3*+1/i5D3,13D2,14D2;;. The number of rotatable bonds is 14. The number of hydrogen-bond donors (Lipinski definition) is 0. The zero-order valence-electron chi connectivity index (χ0n) is 56.4. The fraction of sp³-hybridized carbons (Fsp3) is 0.320. The monoisotopic (exact) mass is 1040 g/mol. The van der Waals surface area contributed by atoms with Crippen LogP contribution in [0.2, 0.25) is 0 Å². The van der Waals surface area contributed by atoms with E-state index in [4.69, 9.17) is 9.60 Å². The third-order valence-corrected chi connectivity index (χ3v) is 14.2. The Morgan fingerprint density at radius 3 is 1.29 bits per heavy atom. The van der Waals surface area contributed by atoms with Crippen LogP contribution in [-0.2, 0) is 46.7 Å². The zero-order valence-corrected chi connectivity index (χ0v) is 49.4. The molecule has 3 nitrogen and oxygen atoms in total. The minimum atomic E-state index is -2.30. The molecule has 0 atom stereocenters. The average Bonchev–Trinajstić information content (AvgIpc) is 1.94. The molecule has 0 spiro atoms. The molecule has 6 aromatic carbocycles. The molecule has 0 unspecified atom stereocenters. The molecule has 0 fully saturated rings. The maximum Gasteiger partial charge on any atom is 0.212 e. The van der Waals surface area contributed by atoms with Gasteiger partial charge in [0.2, 0.25) is 17.1 Å². The number of pyridine rings is 3. The van der Waals surface area contributed by atoms with Gasteiger partial charge in [-0.3, -0.25) is 0 Å². The Labute approximate surface area is 481 Å². The van der Waals surface area contributed by atoms with Gasteiger partial charge in [0.05, 0.1) is 0 Å². The first-order valence-electron chi connectivity index (χ1n) is 31.6. The van der Waals surface area contributed by atoms with Gasteiger partial charge in [-0.15, -0.1) is 0 Å². The topological polar surface area (TPSA) is 11.6 Å². The first-order valence-corrected chi connectivity index (χ1v) is 28.1. The van der Waals surface area contributed by atoms with Crippen LogP contribution in [0.4, 0.5) is 0 Å². The summed E-state index contributed by atoms with van der Waals surface area (Å²) in [7, 11) is 6.10. The number of aryl methyl sites for hydroxylation is 8. The van der Waals surface area contributed by atoms with Gasteiger partial charge < -0.3 is 0 Å². The average molecular weight is 1040 g/mol. The number of nitrogens with zero attached hydrogens (tertiary/aromatic N) is 3. The Bertz CT molecular complexity index is 3730. The summed E-state index contributed by atoms with van der Waals surface area (Å²) >= 11 is 0. The molecule has 0 aliphatic carbocycles. The van der Waals surface area contributed by atoms with E-state index in [1.807, 2.05) is 54.9 Å². The molecule has 9 aromatic rings. The SMILES string of the molecule is Cc1cc(C)c(-c2cc(CC(C)C)c(CC(C)C)c[n+]2C)cc1-c1ccccc1.Cc1ccc(-c2ccccc2)cc1-c1cccc[n+]1C.[2H]C([2H])([2H])c1cc(C)c(-c2cc(C([2H])([2H])C(C)C)c(C([2H])([2H])C(C)C)c[n+]2C)cc1-c1ccccc1. The van der Waals surface area contributed by atoms with Gasteiger partial charge in [-0.1, -0.05) is 171 Å². The minimum absolute atomic E-state index is 0.267. The van der Waals surface area contributed by atoms with Crippen LogP contribution < -0.4 is 13.7 Å². The van der Waals surface area contributed by atoms with Crippen LogP contribution in [0.1, 0.15) is 115 Å². The molecule has 0 saturated carbocycles. The number of benzene rings is 6. The van der Waals surface area contributed by atoms with Crippen LogP contribution >= 0.6 is 0 Å². The first-order chi connectivity index (χ1) is 40.0. The fourth-order valence-electron chi connectivity index (χ4n) is 10.4. The molecule has 9 rings (SSSR count). The van der Waals surface area contributed by atoms with Crippen molar-refractivity contribution in [2.75, 3.05) is 0 Å². The molecular weight excluding hydrogens is 943 g/mol. The lowest BCUT2D eigenvalue weighted by Gasteiger charge is -2.16. The Morgan fingerprint density at radius 2 is 0.782 bits per heavy atom. The summed E-state index contributed by atoms with van der Waals surface area (Å²) in [6.45, 7) is 22.6. The molecular formula is C75H90N3+3. The van der Waals surface area contributed by atoms with Gasteiger partial charge in [0, 0.05) is 61.7 Å². The Kier molecular flexibility index (Phi) is 16.9. The van der Waals surface area contributed by atoms with Gasteiger partial charge in [-0.05, 0) is 180 Å². The van der Waals surface area contributed by atoms with Crippen LogP contribution in [0.15, 0.2) is 182 Å². The molecule has 3 aromatic heterocycles. The first kappa shape index (κ1) is 49.1. The van der Waals surface area contributed by atoms with Crippen LogP contribution in [-0.4, -0.2) is 0 Å². The maximum atomic E-state index is 8.88. The quantitative estimate of drug-likeness (QED) is 0.0962. The van der Waals surface area contributed by atoms with Gasteiger partial charge in [0.1, 0.15) is 21.1 Å². The summed E-state index contributed by atoms with van der Waals surface area (Å²) in [5.74, 6) is 0.590. The van der Waals surface area contributed by atoms with Gasteiger partial charge in [0.15, 0.2) is 18.6 Å². The Morgan fingerprint density at radius 1 is 0.346 bits per heavy atom. The third-order valence-electron chi connectivity index (χ3n) is 14.2. The second-order valence-electron chi connectivity index (χ2n) is 22.7. The molecule has 78 heavy (non-hydrogen) atoms. The van der Waals surface area contributed by atoms with Crippen LogP contribution in [0.3, 0.4) is 0 Å². The summed E-state index contributed by atoms with van der Waals surface area (Å²) < 4.78 is 65.9. The summed E-state index contributed by atoms with van der Waals surface area (Å²) in [4.78, 5) is 0. The van der Waals surface area contributed by atoms with Crippen molar-refractivity contribution >= 4 is 0 Å². The molecule has 0 bridgehead atoms. The molecule has 0 amide bonds. The van der Waals surface area contributed by atoms with E-state index in [1.165, 1.54) is 72.6 Å². The Hall–Kier alpha value is -7.23. The van der Waals surface area contributed by atoms with E-state index in [-0.39, 0.29) is 17.4 Å². The lowest BCUT2D eigenvalue weighted by molar-refractivity contribution is -0.661. The second-order valence-corrected chi connectivity index (χ2v) is 22.7. The van der Waals surface area contributed by atoms with Crippen LogP contribution in [0, 0.1) is 58.2 Å². The smallest absolute Gasteiger partial charge is 0.201 e. The molecule has 0 saturated heterocycles. The van der Waals surface area contributed by atoms with E-state index < -0.39 is 19.6 Å².